The van der Waals surface area contributed by atoms with Gasteiger partial charge in [0.2, 0.25) is 0 Å². The quantitative estimate of drug-likeness (QED) is 0.589. The maximum absolute atomic E-state index is 11.8. The predicted molar refractivity (Wildman–Crippen MR) is 37.6 cm³/mol. The first-order chi connectivity index (χ1) is 4.84. The van der Waals surface area contributed by atoms with Crippen molar-refractivity contribution in [3.05, 3.63) is 0 Å². The lowest BCUT2D eigenvalue weighted by molar-refractivity contribution is 0.0707. The fourth-order valence-corrected chi connectivity index (χ4v) is 1.34. The van der Waals surface area contributed by atoms with Gasteiger partial charge in [0.1, 0.15) is 0 Å². The lowest BCUT2D eigenvalue weighted by Crippen LogP contribution is -2.39. The van der Waals surface area contributed by atoms with E-state index in [2.05, 4.69) is 5.32 Å². The molecule has 0 spiro atoms. The van der Waals surface area contributed by atoms with E-state index < -0.39 is 0 Å². The molecule has 0 aliphatic carbocycles. The summed E-state index contributed by atoms with van der Waals surface area (Å²) >= 11 is 0. The number of alkyl halides is 1. The smallest absolute Gasteiger partial charge is 0.0898 e. The van der Waals surface area contributed by atoms with Crippen LogP contribution in [0.15, 0.2) is 0 Å². The van der Waals surface area contributed by atoms with Crippen LogP contribution in [-0.4, -0.2) is 31.0 Å². The summed E-state index contributed by atoms with van der Waals surface area (Å²) in [7, 11) is 0. The molecule has 1 heterocycles. The fourth-order valence-electron chi connectivity index (χ4n) is 1.34. The molecular weight excluding hydrogens is 133 g/mol. The van der Waals surface area contributed by atoms with Crippen LogP contribution >= 0.6 is 0 Å². The molecule has 0 aromatic rings. The standard InChI is InChI=1S/C7H14FNO/c8-3-1-6-5-9-4-2-7(6)10/h6-7,9-10H,1-5H2. The van der Waals surface area contributed by atoms with Gasteiger partial charge in [-0.15, -0.1) is 0 Å². The van der Waals surface area contributed by atoms with Crippen LogP contribution in [0.4, 0.5) is 4.39 Å². The minimum atomic E-state index is -0.316. The zero-order valence-corrected chi connectivity index (χ0v) is 6.02. The Morgan fingerprint density at radius 3 is 3.00 bits per heavy atom. The first kappa shape index (κ1) is 7.95. The molecular formula is C7H14FNO. The first-order valence-electron chi connectivity index (χ1n) is 3.79. The van der Waals surface area contributed by atoms with Crippen molar-refractivity contribution >= 4 is 0 Å². The molecule has 0 radical (unpaired) electrons. The van der Waals surface area contributed by atoms with Gasteiger partial charge in [0.05, 0.1) is 12.8 Å². The van der Waals surface area contributed by atoms with E-state index in [0.717, 1.165) is 19.5 Å². The Morgan fingerprint density at radius 1 is 1.60 bits per heavy atom. The Labute approximate surface area is 60.4 Å². The van der Waals surface area contributed by atoms with E-state index >= 15 is 0 Å². The Bertz CT molecular complexity index is 97.6. The summed E-state index contributed by atoms with van der Waals surface area (Å²) in [5, 5.41) is 12.4. The first-order valence-corrected chi connectivity index (χ1v) is 3.79. The van der Waals surface area contributed by atoms with Gasteiger partial charge in [0, 0.05) is 6.54 Å². The van der Waals surface area contributed by atoms with E-state index in [1.807, 2.05) is 0 Å². The van der Waals surface area contributed by atoms with Crippen molar-refractivity contribution < 1.29 is 9.50 Å². The number of hydrogen-bond donors (Lipinski definition) is 2. The van der Waals surface area contributed by atoms with Crippen LogP contribution in [0.25, 0.3) is 0 Å². The van der Waals surface area contributed by atoms with Gasteiger partial charge >= 0.3 is 0 Å². The van der Waals surface area contributed by atoms with Gasteiger partial charge in [-0.05, 0) is 25.3 Å². The molecule has 1 aliphatic heterocycles. The number of aliphatic hydroxyl groups excluding tert-OH is 1. The van der Waals surface area contributed by atoms with Gasteiger partial charge in [0.25, 0.3) is 0 Å². The third-order valence-corrected chi connectivity index (χ3v) is 2.05. The Balaban J connectivity index is 2.25. The molecule has 0 saturated carbocycles. The van der Waals surface area contributed by atoms with Crippen molar-refractivity contribution in [2.24, 2.45) is 5.92 Å². The van der Waals surface area contributed by atoms with E-state index in [-0.39, 0.29) is 18.7 Å². The van der Waals surface area contributed by atoms with E-state index in [1.165, 1.54) is 0 Å². The summed E-state index contributed by atoms with van der Waals surface area (Å²) in [6, 6.07) is 0. The molecule has 1 aliphatic rings. The predicted octanol–water partition coefficient (Wildman–Crippen LogP) is 0.316. The molecule has 2 N–H and O–H groups in total. The second-order valence-electron chi connectivity index (χ2n) is 2.80. The number of halogens is 1. The van der Waals surface area contributed by atoms with Gasteiger partial charge in [0.15, 0.2) is 0 Å². The topological polar surface area (TPSA) is 32.3 Å². The van der Waals surface area contributed by atoms with E-state index in [9.17, 15) is 9.50 Å². The van der Waals surface area contributed by atoms with Crippen LogP contribution in [0, 0.1) is 5.92 Å². The lowest BCUT2D eigenvalue weighted by atomic mass is 9.94. The Morgan fingerprint density at radius 2 is 2.40 bits per heavy atom. The third kappa shape index (κ3) is 1.92. The summed E-state index contributed by atoms with van der Waals surface area (Å²) in [5.41, 5.74) is 0. The van der Waals surface area contributed by atoms with Gasteiger partial charge in [-0.2, -0.15) is 0 Å². The zero-order chi connectivity index (χ0) is 7.40. The molecule has 0 bridgehead atoms. The lowest BCUT2D eigenvalue weighted by Gasteiger charge is -2.27. The van der Waals surface area contributed by atoms with Crippen LogP contribution in [0.2, 0.25) is 0 Å². The maximum atomic E-state index is 11.8. The largest absolute Gasteiger partial charge is 0.393 e. The Hall–Kier alpha value is -0.150. The monoisotopic (exact) mass is 147 g/mol. The second kappa shape index (κ2) is 3.88. The van der Waals surface area contributed by atoms with Crippen molar-refractivity contribution in [3.63, 3.8) is 0 Å². The highest BCUT2D eigenvalue weighted by molar-refractivity contribution is 4.76. The molecule has 0 aromatic carbocycles. The number of rotatable bonds is 2. The van der Waals surface area contributed by atoms with Crippen LogP contribution in [0.1, 0.15) is 12.8 Å². The number of piperidine rings is 1. The maximum Gasteiger partial charge on any atom is 0.0898 e. The summed E-state index contributed by atoms with van der Waals surface area (Å²) < 4.78 is 11.8. The molecule has 60 valence electrons. The second-order valence-corrected chi connectivity index (χ2v) is 2.80. The summed E-state index contributed by atoms with van der Waals surface area (Å²) in [6.07, 6.45) is 0.982. The van der Waals surface area contributed by atoms with Crippen molar-refractivity contribution in [2.75, 3.05) is 19.8 Å². The van der Waals surface area contributed by atoms with Crippen LogP contribution in [-0.2, 0) is 0 Å². The molecule has 1 fully saturated rings. The number of nitrogens with one attached hydrogen (secondary N) is 1. The van der Waals surface area contributed by atoms with Gasteiger partial charge in [-0.3, -0.25) is 4.39 Å². The SMILES string of the molecule is OC1CCNCC1CCF. The van der Waals surface area contributed by atoms with Crippen LogP contribution in [0.5, 0.6) is 0 Å². The van der Waals surface area contributed by atoms with E-state index in [0.29, 0.717) is 6.42 Å². The molecule has 1 rings (SSSR count). The third-order valence-electron chi connectivity index (χ3n) is 2.05. The average molecular weight is 147 g/mol. The van der Waals surface area contributed by atoms with Crippen molar-refractivity contribution in [1.82, 2.24) is 5.32 Å². The summed E-state index contributed by atoms with van der Waals surface area (Å²) in [6.45, 7) is 1.32. The van der Waals surface area contributed by atoms with E-state index in [1.54, 1.807) is 0 Å². The summed E-state index contributed by atoms with van der Waals surface area (Å²) in [4.78, 5) is 0. The number of aliphatic hydroxyl groups is 1. The summed E-state index contributed by atoms with van der Waals surface area (Å²) in [5.74, 6) is 0.138. The van der Waals surface area contributed by atoms with Gasteiger partial charge in [-0.1, -0.05) is 0 Å². The molecule has 0 amide bonds. The van der Waals surface area contributed by atoms with Crippen molar-refractivity contribution in [1.29, 1.82) is 0 Å². The Kier molecular flexibility index (Phi) is 3.09. The molecule has 10 heavy (non-hydrogen) atoms. The van der Waals surface area contributed by atoms with Gasteiger partial charge in [-0.25, -0.2) is 0 Å². The minimum Gasteiger partial charge on any atom is -0.393 e. The van der Waals surface area contributed by atoms with Crippen LogP contribution < -0.4 is 5.32 Å². The van der Waals surface area contributed by atoms with E-state index in [4.69, 9.17) is 0 Å². The fraction of sp³-hybridized carbons (Fsp3) is 1.00. The van der Waals surface area contributed by atoms with Gasteiger partial charge < -0.3 is 10.4 Å². The minimum absolute atomic E-state index is 0.138. The molecule has 2 atom stereocenters. The highest BCUT2D eigenvalue weighted by atomic mass is 19.1. The molecule has 1 saturated heterocycles. The molecule has 0 aromatic heterocycles. The van der Waals surface area contributed by atoms with Crippen molar-refractivity contribution in [2.45, 2.75) is 18.9 Å². The van der Waals surface area contributed by atoms with Crippen molar-refractivity contribution in [3.8, 4) is 0 Å². The molecule has 2 unspecified atom stereocenters. The highest BCUT2D eigenvalue weighted by Gasteiger charge is 2.21. The normalized spacial score (nSPS) is 34.2. The molecule has 3 heteroatoms. The average Bonchev–Trinajstić information content (AvgIpc) is 1.94. The molecule has 2 nitrogen and oxygen atoms in total. The number of hydrogen-bond acceptors (Lipinski definition) is 2. The zero-order valence-electron chi connectivity index (χ0n) is 6.02. The van der Waals surface area contributed by atoms with Crippen LogP contribution in [0.3, 0.4) is 0 Å². The highest BCUT2D eigenvalue weighted by Crippen LogP contribution is 2.14.